The predicted molar refractivity (Wildman–Crippen MR) is 50.9 cm³/mol. The molecule has 0 aromatic heterocycles. The summed E-state index contributed by atoms with van der Waals surface area (Å²) in [5.74, 6) is 0. The lowest BCUT2D eigenvalue weighted by molar-refractivity contribution is 0.112. The van der Waals surface area contributed by atoms with Gasteiger partial charge in [-0.3, -0.25) is 4.79 Å². The standard InChI is InChI=1S/C9H7FO3S/c10-14(12,13)6-5-8-1-3-9(7-11)4-2-8/h1-7H/b6-5+. The van der Waals surface area contributed by atoms with E-state index in [-0.39, 0.29) is 0 Å². The van der Waals surface area contributed by atoms with E-state index in [0.717, 1.165) is 6.08 Å². The van der Waals surface area contributed by atoms with Crippen molar-refractivity contribution < 1.29 is 17.1 Å². The largest absolute Gasteiger partial charge is 0.325 e. The van der Waals surface area contributed by atoms with Gasteiger partial charge in [0.25, 0.3) is 0 Å². The molecule has 3 nitrogen and oxygen atoms in total. The number of benzene rings is 1. The molecule has 14 heavy (non-hydrogen) atoms. The van der Waals surface area contributed by atoms with Crippen LogP contribution in [0.25, 0.3) is 6.08 Å². The van der Waals surface area contributed by atoms with Crippen molar-refractivity contribution in [3.8, 4) is 0 Å². The number of carbonyl (C=O) groups is 1. The van der Waals surface area contributed by atoms with Crippen LogP contribution in [0.1, 0.15) is 15.9 Å². The fraction of sp³-hybridized carbons (Fsp3) is 0. The van der Waals surface area contributed by atoms with Crippen molar-refractivity contribution in [2.24, 2.45) is 0 Å². The fourth-order valence-corrected chi connectivity index (χ4v) is 1.17. The van der Waals surface area contributed by atoms with Gasteiger partial charge in [-0.1, -0.05) is 24.3 Å². The van der Waals surface area contributed by atoms with Crippen LogP contribution in [0.2, 0.25) is 0 Å². The minimum Gasteiger partial charge on any atom is -0.298 e. The Labute approximate surface area is 81.1 Å². The lowest BCUT2D eigenvalue weighted by atomic mass is 10.1. The second-order valence-corrected chi connectivity index (χ2v) is 3.79. The van der Waals surface area contributed by atoms with Crippen molar-refractivity contribution in [1.29, 1.82) is 0 Å². The van der Waals surface area contributed by atoms with Crippen LogP contribution in [0.5, 0.6) is 0 Å². The summed E-state index contributed by atoms with van der Waals surface area (Å²) in [5.41, 5.74) is 0.988. The van der Waals surface area contributed by atoms with Gasteiger partial charge in [0.15, 0.2) is 0 Å². The van der Waals surface area contributed by atoms with E-state index in [1.165, 1.54) is 24.3 Å². The summed E-state index contributed by atoms with van der Waals surface area (Å²) < 4.78 is 32.3. The second-order valence-electron chi connectivity index (χ2n) is 2.56. The highest BCUT2D eigenvalue weighted by molar-refractivity contribution is 7.89. The smallest absolute Gasteiger partial charge is 0.298 e. The third kappa shape index (κ3) is 3.49. The van der Waals surface area contributed by atoms with Crippen molar-refractivity contribution in [3.63, 3.8) is 0 Å². The molecule has 0 amide bonds. The Kier molecular flexibility index (Phi) is 3.14. The quantitative estimate of drug-likeness (QED) is 0.569. The van der Waals surface area contributed by atoms with Crippen molar-refractivity contribution in [3.05, 3.63) is 40.8 Å². The van der Waals surface area contributed by atoms with E-state index < -0.39 is 10.2 Å². The van der Waals surface area contributed by atoms with Gasteiger partial charge in [-0.15, -0.1) is 3.89 Å². The van der Waals surface area contributed by atoms with E-state index >= 15 is 0 Å². The molecule has 0 saturated carbocycles. The summed E-state index contributed by atoms with van der Waals surface area (Å²) in [5, 5.41) is 0.461. The van der Waals surface area contributed by atoms with Crippen LogP contribution in [0.15, 0.2) is 29.7 Å². The lowest BCUT2D eigenvalue weighted by Crippen LogP contribution is -1.82. The molecule has 74 valence electrons. The first-order valence-electron chi connectivity index (χ1n) is 3.69. The summed E-state index contributed by atoms with van der Waals surface area (Å²) in [7, 11) is -4.59. The summed E-state index contributed by atoms with van der Waals surface area (Å²) in [6.45, 7) is 0. The first-order chi connectivity index (χ1) is 6.51. The molecule has 0 aliphatic heterocycles. The Morgan fingerprint density at radius 3 is 2.00 bits per heavy atom. The summed E-state index contributed by atoms with van der Waals surface area (Å²) in [6.07, 6.45) is 1.78. The number of hydrogen-bond acceptors (Lipinski definition) is 3. The molecule has 1 aromatic rings. The Balaban J connectivity index is 2.89. The Morgan fingerprint density at radius 2 is 1.57 bits per heavy atom. The third-order valence-electron chi connectivity index (χ3n) is 1.50. The molecule has 0 saturated heterocycles. The maximum absolute atomic E-state index is 12.0. The molecule has 0 bridgehead atoms. The van der Waals surface area contributed by atoms with Gasteiger partial charge in [-0.05, 0) is 11.6 Å². The van der Waals surface area contributed by atoms with Gasteiger partial charge in [0.05, 0.1) is 5.41 Å². The van der Waals surface area contributed by atoms with E-state index in [2.05, 4.69) is 0 Å². The molecule has 0 spiro atoms. The van der Waals surface area contributed by atoms with Gasteiger partial charge in [0.2, 0.25) is 0 Å². The molecule has 0 N–H and O–H groups in total. The summed E-state index contributed by atoms with van der Waals surface area (Å²) >= 11 is 0. The summed E-state index contributed by atoms with van der Waals surface area (Å²) in [4.78, 5) is 10.3. The maximum Gasteiger partial charge on any atom is 0.325 e. The van der Waals surface area contributed by atoms with Gasteiger partial charge in [-0.25, -0.2) is 0 Å². The van der Waals surface area contributed by atoms with E-state index in [9.17, 15) is 17.1 Å². The maximum atomic E-state index is 12.0. The molecular formula is C9H7FO3S. The highest BCUT2D eigenvalue weighted by Gasteiger charge is 1.98. The Hall–Kier alpha value is -1.49. The number of rotatable bonds is 3. The van der Waals surface area contributed by atoms with Gasteiger partial charge in [0.1, 0.15) is 6.29 Å². The summed E-state index contributed by atoms with van der Waals surface area (Å²) in [6, 6.07) is 6.06. The van der Waals surface area contributed by atoms with Crippen LogP contribution >= 0.6 is 0 Å². The van der Waals surface area contributed by atoms with Gasteiger partial charge < -0.3 is 0 Å². The molecule has 0 unspecified atom stereocenters. The van der Waals surface area contributed by atoms with Gasteiger partial charge >= 0.3 is 10.2 Å². The van der Waals surface area contributed by atoms with E-state index in [0.29, 0.717) is 22.8 Å². The molecule has 0 atom stereocenters. The Bertz CT molecular complexity index is 445. The van der Waals surface area contributed by atoms with Crippen molar-refractivity contribution in [1.82, 2.24) is 0 Å². The van der Waals surface area contributed by atoms with E-state index in [1.54, 1.807) is 0 Å². The normalized spacial score (nSPS) is 11.8. The molecule has 0 heterocycles. The van der Waals surface area contributed by atoms with Gasteiger partial charge in [-0.2, -0.15) is 8.42 Å². The molecule has 0 fully saturated rings. The van der Waals surface area contributed by atoms with Crippen LogP contribution in [0.4, 0.5) is 3.89 Å². The average molecular weight is 214 g/mol. The molecule has 0 aliphatic rings. The average Bonchev–Trinajstić information content (AvgIpc) is 2.14. The number of carbonyl (C=O) groups excluding carboxylic acids is 1. The number of aldehydes is 1. The zero-order valence-electron chi connectivity index (χ0n) is 7.05. The topological polar surface area (TPSA) is 51.2 Å². The molecule has 1 rings (SSSR count). The van der Waals surface area contributed by atoms with Crippen molar-refractivity contribution >= 4 is 22.6 Å². The zero-order valence-corrected chi connectivity index (χ0v) is 7.87. The third-order valence-corrected chi connectivity index (χ3v) is 1.96. The van der Waals surface area contributed by atoms with Gasteiger partial charge in [0, 0.05) is 5.56 Å². The first-order valence-corrected chi connectivity index (χ1v) is 5.14. The van der Waals surface area contributed by atoms with Crippen molar-refractivity contribution in [2.45, 2.75) is 0 Å². The van der Waals surface area contributed by atoms with E-state index in [1.807, 2.05) is 0 Å². The minimum atomic E-state index is -4.59. The lowest BCUT2D eigenvalue weighted by Gasteiger charge is -1.92. The van der Waals surface area contributed by atoms with Crippen LogP contribution in [-0.4, -0.2) is 14.7 Å². The Morgan fingerprint density at radius 1 is 1.07 bits per heavy atom. The zero-order chi connectivity index (χ0) is 10.6. The molecule has 0 radical (unpaired) electrons. The molecular weight excluding hydrogens is 207 g/mol. The molecule has 0 aliphatic carbocycles. The number of halogens is 1. The van der Waals surface area contributed by atoms with Crippen LogP contribution in [0.3, 0.4) is 0 Å². The predicted octanol–water partition coefficient (Wildman–Crippen LogP) is 1.77. The highest BCUT2D eigenvalue weighted by atomic mass is 32.3. The second kappa shape index (κ2) is 4.15. The van der Waals surface area contributed by atoms with Crippen LogP contribution in [-0.2, 0) is 10.2 Å². The highest BCUT2D eigenvalue weighted by Crippen LogP contribution is 2.06. The van der Waals surface area contributed by atoms with Crippen LogP contribution < -0.4 is 0 Å². The monoisotopic (exact) mass is 214 g/mol. The SMILES string of the molecule is O=Cc1ccc(/C=C/S(=O)(=O)F)cc1. The number of hydrogen-bond donors (Lipinski definition) is 0. The molecule has 5 heteroatoms. The molecule has 1 aromatic carbocycles. The minimum absolute atomic E-state index is 0.461. The van der Waals surface area contributed by atoms with Crippen LogP contribution in [0, 0.1) is 0 Å². The van der Waals surface area contributed by atoms with Crippen molar-refractivity contribution in [2.75, 3.05) is 0 Å². The van der Waals surface area contributed by atoms with E-state index in [4.69, 9.17) is 0 Å². The first kappa shape index (κ1) is 10.6. The fourth-order valence-electron chi connectivity index (χ4n) is 0.846.